The zero-order chi connectivity index (χ0) is 19.9. The van der Waals surface area contributed by atoms with Gasteiger partial charge in [-0.2, -0.15) is 0 Å². The second-order valence-electron chi connectivity index (χ2n) is 6.17. The maximum absolute atomic E-state index is 12.4. The molecular formula is C21H21ClN4O2. The van der Waals surface area contributed by atoms with E-state index >= 15 is 0 Å². The lowest BCUT2D eigenvalue weighted by Gasteiger charge is -2.11. The van der Waals surface area contributed by atoms with E-state index in [4.69, 9.17) is 16.3 Å². The van der Waals surface area contributed by atoms with Crippen LogP contribution in [0, 0.1) is 6.92 Å². The summed E-state index contributed by atoms with van der Waals surface area (Å²) in [5, 5.41) is 6.66. The fourth-order valence-corrected chi connectivity index (χ4v) is 2.94. The van der Waals surface area contributed by atoms with Gasteiger partial charge in [0.1, 0.15) is 5.75 Å². The first-order valence-electron chi connectivity index (χ1n) is 8.79. The highest BCUT2D eigenvalue weighted by molar-refractivity contribution is 6.30. The Morgan fingerprint density at radius 3 is 2.71 bits per heavy atom. The monoisotopic (exact) mass is 396 g/mol. The van der Waals surface area contributed by atoms with Crippen LogP contribution in [0.4, 0.5) is 5.95 Å². The molecule has 1 amide bonds. The van der Waals surface area contributed by atoms with Gasteiger partial charge in [0.05, 0.1) is 18.4 Å². The molecule has 28 heavy (non-hydrogen) atoms. The van der Waals surface area contributed by atoms with E-state index in [2.05, 4.69) is 20.6 Å². The zero-order valence-corrected chi connectivity index (χ0v) is 16.5. The topological polar surface area (TPSA) is 76.1 Å². The number of benzene rings is 2. The molecule has 0 fully saturated rings. The number of para-hydroxylation sites is 1. The van der Waals surface area contributed by atoms with Crippen LogP contribution in [-0.2, 0) is 13.1 Å². The van der Waals surface area contributed by atoms with Crippen LogP contribution in [0.5, 0.6) is 5.75 Å². The molecular weight excluding hydrogens is 376 g/mol. The van der Waals surface area contributed by atoms with Crippen molar-refractivity contribution in [2.45, 2.75) is 20.0 Å². The second-order valence-corrected chi connectivity index (χ2v) is 6.61. The molecule has 6 nitrogen and oxygen atoms in total. The van der Waals surface area contributed by atoms with Crippen molar-refractivity contribution >= 4 is 23.5 Å². The zero-order valence-electron chi connectivity index (χ0n) is 15.7. The lowest BCUT2D eigenvalue weighted by Crippen LogP contribution is -2.24. The van der Waals surface area contributed by atoms with E-state index in [9.17, 15) is 4.79 Å². The minimum absolute atomic E-state index is 0.228. The number of ether oxygens (including phenoxy) is 1. The van der Waals surface area contributed by atoms with Crippen LogP contribution < -0.4 is 15.4 Å². The van der Waals surface area contributed by atoms with Crippen LogP contribution in [0.3, 0.4) is 0 Å². The number of aryl methyl sites for hydroxylation is 1. The first-order valence-corrected chi connectivity index (χ1v) is 9.16. The van der Waals surface area contributed by atoms with Crippen molar-refractivity contribution in [3.63, 3.8) is 0 Å². The highest BCUT2D eigenvalue weighted by atomic mass is 35.5. The summed E-state index contributed by atoms with van der Waals surface area (Å²) in [4.78, 5) is 21.1. The third kappa shape index (κ3) is 4.98. The molecule has 0 aliphatic rings. The molecule has 1 heterocycles. The molecule has 3 rings (SSSR count). The predicted octanol–water partition coefficient (Wildman–Crippen LogP) is 3.99. The van der Waals surface area contributed by atoms with Crippen molar-refractivity contribution in [3.8, 4) is 5.75 Å². The summed E-state index contributed by atoms with van der Waals surface area (Å²) in [5.41, 5.74) is 2.95. The Balaban J connectivity index is 1.62. The van der Waals surface area contributed by atoms with Crippen LogP contribution in [0.15, 0.2) is 54.7 Å². The molecule has 144 valence electrons. The molecule has 0 saturated carbocycles. The maximum atomic E-state index is 12.4. The number of halogens is 1. The minimum Gasteiger partial charge on any atom is -0.496 e. The molecule has 2 aromatic carbocycles. The van der Waals surface area contributed by atoms with E-state index < -0.39 is 0 Å². The third-order valence-electron chi connectivity index (χ3n) is 4.20. The number of hydrogen-bond donors (Lipinski definition) is 2. The van der Waals surface area contributed by atoms with E-state index in [1.165, 1.54) is 6.20 Å². The van der Waals surface area contributed by atoms with Gasteiger partial charge in [-0.1, -0.05) is 41.9 Å². The Hall–Kier alpha value is -3.12. The van der Waals surface area contributed by atoms with Crippen LogP contribution >= 0.6 is 11.6 Å². The van der Waals surface area contributed by atoms with Gasteiger partial charge < -0.3 is 15.4 Å². The average molecular weight is 397 g/mol. The number of carbonyl (C=O) groups excluding carboxylic acids is 1. The van der Waals surface area contributed by atoms with Gasteiger partial charge in [-0.05, 0) is 30.7 Å². The number of nitrogens with zero attached hydrogens (tertiary/aromatic N) is 2. The first-order chi connectivity index (χ1) is 13.6. The minimum atomic E-state index is -0.228. The lowest BCUT2D eigenvalue weighted by molar-refractivity contribution is 0.0949. The largest absolute Gasteiger partial charge is 0.496 e. The molecule has 0 spiro atoms. The fourth-order valence-electron chi connectivity index (χ4n) is 2.72. The number of anilines is 1. The summed E-state index contributed by atoms with van der Waals surface area (Å²) < 4.78 is 5.34. The SMILES string of the molecule is COc1ccccc1CNc1ncc(C(=O)NCc2cccc(Cl)c2)c(C)n1. The van der Waals surface area contributed by atoms with Gasteiger partial charge in [0.2, 0.25) is 5.95 Å². The average Bonchev–Trinajstić information content (AvgIpc) is 2.71. The van der Waals surface area contributed by atoms with Crippen LogP contribution in [0.25, 0.3) is 0 Å². The number of hydrogen-bond acceptors (Lipinski definition) is 5. The van der Waals surface area contributed by atoms with Crippen molar-refractivity contribution in [1.29, 1.82) is 0 Å². The first kappa shape index (κ1) is 19.6. The van der Waals surface area contributed by atoms with Crippen LogP contribution in [0.1, 0.15) is 27.2 Å². The number of carbonyl (C=O) groups is 1. The number of amides is 1. The molecule has 0 aliphatic carbocycles. The van der Waals surface area contributed by atoms with Gasteiger partial charge in [0, 0.05) is 29.9 Å². The summed E-state index contributed by atoms with van der Waals surface area (Å²) in [6.07, 6.45) is 1.53. The quantitative estimate of drug-likeness (QED) is 0.631. The Morgan fingerprint density at radius 2 is 1.96 bits per heavy atom. The number of rotatable bonds is 7. The number of nitrogens with one attached hydrogen (secondary N) is 2. The lowest BCUT2D eigenvalue weighted by atomic mass is 10.2. The summed E-state index contributed by atoms with van der Waals surface area (Å²) in [5.74, 6) is 1.02. The standard InChI is InChI=1S/C21H21ClN4O2/c1-14-18(20(27)23-11-15-6-5-8-17(22)10-15)13-25-21(26-14)24-12-16-7-3-4-9-19(16)28-2/h3-10,13H,11-12H2,1-2H3,(H,23,27)(H,24,25,26). The van der Waals surface area contributed by atoms with E-state index in [0.717, 1.165) is 16.9 Å². The highest BCUT2D eigenvalue weighted by Gasteiger charge is 2.12. The Kier molecular flexibility index (Phi) is 6.45. The van der Waals surface area contributed by atoms with Gasteiger partial charge in [0.15, 0.2) is 0 Å². The smallest absolute Gasteiger partial charge is 0.254 e. The summed E-state index contributed by atoms with van der Waals surface area (Å²) >= 11 is 5.97. The van der Waals surface area contributed by atoms with Gasteiger partial charge in [0.25, 0.3) is 5.91 Å². The molecule has 0 bridgehead atoms. The third-order valence-corrected chi connectivity index (χ3v) is 4.43. The molecule has 0 radical (unpaired) electrons. The maximum Gasteiger partial charge on any atom is 0.254 e. The van der Waals surface area contributed by atoms with Crippen molar-refractivity contribution < 1.29 is 9.53 Å². The Morgan fingerprint density at radius 1 is 1.14 bits per heavy atom. The molecule has 0 atom stereocenters. The summed E-state index contributed by atoms with van der Waals surface area (Å²) in [6, 6.07) is 15.1. The van der Waals surface area contributed by atoms with Crippen molar-refractivity contribution in [2.24, 2.45) is 0 Å². The van der Waals surface area contributed by atoms with Gasteiger partial charge in [-0.15, -0.1) is 0 Å². The van der Waals surface area contributed by atoms with Crippen molar-refractivity contribution in [1.82, 2.24) is 15.3 Å². The van der Waals surface area contributed by atoms with Crippen molar-refractivity contribution in [2.75, 3.05) is 12.4 Å². The van der Waals surface area contributed by atoms with E-state index in [1.807, 2.05) is 42.5 Å². The highest BCUT2D eigenvalue weighted by Crippen LogP contribution is 2.18. The molecule has 2 N–H and O–H groups in total. The van der Waals surface area contributed by atoms with Crippen molar-refractivity contribution in [3.05, 3.63) is 82.1 Å². The molecule has 0 saturated heterocycles. The Bertz CT molecular complexity index is 978. The van der Waals surface area contributed by atoms with E-state index in [1.54, 1.807) is 20.1 Å². The number of methoxy groups -OCH3 is 1. The van der Waals surface area contributed by atoms with E-state index in [-0.39, 0.29) is 5.91 Å². The van der Waals surface area contributed by atoms with Gasteiger partial charge in [-0.3, -0.25) is 4.79 Å². The van der Waals surface area contributed by atoms with Crippen LogP contribution in [0.2, 0.25) is 5.02 Å². The Labute approximate surface area is 168 Å². The number of aromatic nitrogens is 2. The second kappa shape index (κ2) is 9.19. The molecule has 0 aliphatic heterocycles. The molecule has 3 aromatic rings. The summed E-state index contributed by atoms with van der Waals surface area (Å²) in [6.45, 7) is 2.68. The molecule has 1 aromatic heterocycles. The summed E-state index contributed by atoms with van der Waals surface area (Å²) in [7, 11) is 1.64. The predicted molar refractivity (Wildman–Crippen MR) is 110 cm³/mol. The van der Waals surface area contributed by atoms with Crippen LogP contribution in [-0.4, -0.2) is 23.0 Å². The van der Waals surface area contributed by atoms with E-state index in [0.29, 0.717) is 35.3 Å². The normalized spacial score (nSPS) is 10.4. The van der Waals surface area contributed by atoms with Gasteiger partial charge in [-0.25, -0.2) is 9.97 Å². The fraction of sp³-hybridized carbons (Fsp3) is 0.190. The molecule has 7 heteroatoms. The van der Waals surface area contributed by atoms with Gasteiger partial charge >= 0.3 is 0 Å². The molecule has 0 unspecified atom stereocenters.